The number of ketones is 1. The molecule has 112 valence electrons. The molecule has 0 bridgehead atoms. The molecule has 0 aliphatic carbocycles. The van der Waals surface area contributed by atoms with Crippen LogP contribution in [0.3, 0.4) is 0 Å². The van der Waals surface area contributed by atoms with Crippen molar-refractivity contribution < 1.29 is 14.3 Å². The van der Waals surface area contributed by atoms with Gasteiger partial charge in [0.1, 0.15) is 11.5 Å². The van der Waals surface area contributed by atoms with Crippen LogP contribution in [-0.4, -0.2) is 22.3 Å². The zero-order valence-electron chi connectivity index (χ0n) is 12.1. The Balaban J connectivity index is 2.22. The van der Waals surface area contributed by atoms with Crippen LogP contribution < -0.4 is 0 Å². The van der Waals surface area contributed by atoms with E-state index in [9.17, 15) is 9.90 Å². The van der Waals surface area contributed by atoms with Gasteiger partial charge in [0.2, 0.25) is 0 Å². The lowest BCUT2D eigenvalue weighted by Gasteiger charge is -2.20. The van der Waals surface area contributed by atoms with Crippen molar-refractivity contribution in [3.05, 3.63) is 52.4 Å². The van der Waals surface area contributed by atoms with Crippen LogP contribution in [0.1, 0.15) is 35.5 Å². The van der Waals surface area contributed by atoms with Gasteiger partial charge in [-0.2, -0.15) is 0 Å². The Labute approximate surface area is 128 Å². The van der Waals surface area contributed by atoms with E-state index in [0.29, 0.717) is 23.7 Å². The van der Waals surface area contributed by atoms with E-state index in [4.69, 9.17) is 16.0 Å². The maximum absolute atomic E-state index is 11.5. The molecule has 1 N–H and O–H groups in total. The number of phenolic OH excluding ortho intramolecular Hbond substituents is 1. The minimum Gasteiger partial charge on any atom is -0.507 e. The highest BCUT2D eigenvalue weighted by Crippen LogP contribution is 2.29. The monoisotopic (exact) mass is 307 g/mol. The third kappa shape index (κ3) is 3.86. The van der Waals surface area contributed by atoms with Crippen LogP contribution in [0.2, 0.25) is 5.02 Å². The Hall–Kier alpha value is -1.78. The number of halogens is 1. The number of aromatic hydroxyl groups is 1. The number of benzene rings is 1. The molecule has 0 saturated heterocycles. The molecule has 4 nitrogen and oxygen atoms in total. The summed E-state index contributed by atoms with van der Waals surface area (Å²) >= 11 is 6.04. The van der Waals surface area contributed by atoms with E-state index in [-0.39, 0.29) is 17.1 Å². The highest BCUT2D eigenvalue weighted by Gasteiger charge is 2.15. The van der Waals surface area contributed by atoms with Gasteiger partial charge < -0.3 is 9.52 Å². The van der Waals surface area contributed by atoms with Gasteiger partial charge in [-0.25, -0.2) is 0 Å². The summed E-state index contributed by atoms with van der Waals surface area (Å²) in [5, 5.41) is 10.7. The minimum absolute atomic E-state index is 0.00444. The van der Waals surface area contributed by atoms with Crippen LogP contribution in [0.5, 0.6) is 5.75 Å². The molecule has 2 rings (SSSR count). The van der Waals surface area contributed by atoms with E-state index in [1.54, 1.807) is 12.3 Å². The summed E-state index contributed by atoms with van der Waals surface area (Å²) in [6.45, 7) is 5.34. The molecule has 5 heteroatoms. The molecule has 0 radical (unpaired) electrons. The minimum atomic E-state index is -0.203. The first-order valence-corrected chi connectivity index (χ1v) is 7.16. The second kappa shape index (κ2) is 6.78. The Kier molecular flexibility index (Phi) is 5.04. The molecule has 0 fully saturated rings. The van der Waals surface area contributed by atoms with Crippen molar-refractivity contribution in [1.82, 2.24) is 4.90 Å². The summed E-state index contributed by atoms with van der Waals surface area (Å²) in [5.41, 5.74) is 0.896. The second-order valence-corrected chi connectivity index (χ2v) is 5.34. The first-order valence-electron chi connectivity index (χ1n) is 6.78. The number of rotatable bonds is 6. The maximum Gasteiger partial charge on any atom is 0.163 e. The van der Waals surface area contributed by atoms with Crippen LogP contribution in [0.4, 0.5) is 0 Å². The number of hydrogen-bond acceptors (Lipinski definition) is 4. The predicted molar refractivity (Wildman–Crippen MR) is 81.6 cm³/mol. The summed E-state index contributed by atoms with van der Waals surface area (Å²) in [5.74, 6) is 0.653. The molecule has 0 amide bonds. The number of furan rings is 1. The molecule has 2 aromatic rings. The number of phenols is 1. The van der Waals surface area contributed by atoms with E-state index in [1.165, 1.54) is 13.0 Å². The van der Waals surface area contributed by atoms with Gasteiger partial charge in [-0.3, -0.25) is 9.69 Å². The van der Waals surface area contributed by atoms with Crippen LogP contribution in [-0.2, 0) is 13.1 Å². The molecule has 0 aliphatic heterocycles. The lowest BCUT2D eigenvalue weighted by atomic mass is 10.1. The first kappa shape index (κ1) is 15.6. The molecule has 0 aliphatic rings. The number of carbonyl (C=O) groups excluding carboxylic acids is 1. The normalized spacial score (nSPS) is 11.0. The van der Waals surface area contributed by atoms with Crippen molar-refractivity contribution in [2.75, 3.05) is 6.54 Å². The van der Waals surface area contributed by atoms with Gasteiger partial charge in [-0.1, -0.05) is 18.5 Å². The molecule has 0 spiro atoms. The van der Waals surface area contributed by atoms with Gasteiger partial charge in [0.25, 0.3) is 0 Å². The van der Waals surface area contributed by atoms with Crippen LogP contribution in [0.25, 0.3) is 0 Å². The van der Waals surface area contributed by atoms with Crippen molar-refractivity contribution >= 4 is 17.4 Å². The Morgan fingerprint density at radius 2 is 2.14 bits per heavy atom. The van der Waals surface area contributed by atoms with Crippen LogP contribution in [0, 0.1) is 0 Å². The molecule has 1 aromatic carbocycles. The number of carbonyl (C=O) groups is 1. The first-order chi connectivity index (χ1) is 10.0. The number of Topliss-reactive ketones (excluding diaryl/α,β-unsaturated/α-hetero) is 1. The van der Waals surface area contributed by atoms with E-state index >= 15 is 0 Å². The average molecular weight is 308 g/mol. The zero-order valence-corrected chi connectivity index (χ0v) is 12.9. The highest BCUT2D eigenvalue weighted by molar-refractivity contribution is 6.31. The molecule has 1 aromatic heterocycles. The Morgan fingerprint density at radius 1 is 1.38 bits per heavy atom. The molecular formula is C16H18ClNO3. The average Bonchev–Trinajstić information content (AvgIpc) is 2.94. The molecule has 0 unspecified atom stereocenters. The summed E-state index contributed by atoms with van der Waals surface area (Å²) in [6.07, 6.45) is 1.63. The summed E-state index contributed by atoms with van der Waals surface area (Å²) < 4.78 is 5.34. The third-order valence-electron chi connectivity index (χ3n) is 3.33. The van der Waals surface area contributed by atoms with Gasteiger partial charge in [0, 0.05) is 17.1 Å². The SMILES string of the molecule is CCN(Cc1ccco1)Cc1cc(Cl)cc(C(C)=O)c1O. The fraction of sp³-hybridized carbons (Fsp3) is 0.312. The van der Waals surface area contributed by atoms with Gasteiger partial charge >= 0.3 is 0 Å². The van der Waals surface area contributed by atoms with Gasteiger partial charge in [-0.05, 0) is 37.7 Å². The van der Waals surface area contributed by atoms with Crippen LogP contribution >= 0.6 is 11.6 Å². The standard InChI is InChI=1S/C16H18ClNO3/c1-3-18(10-14-5-4-6-21-14)9-12-7-13(17)8-15(11(2)19)16(12)20/h4-8,20H,3,9-10H2,1-2H3. The van der Waals surface area contributed by atoms with Crippen molar-refractivity contribution in [3.63, 3.8) is 0 Å². The molecular weight excluding hydrogens is 290 g/mol. The second-order valence-electron chi connectivity index (χ2n) is 4.90. The molecule has 21 heavy (non-hydrogen) atoms. The topological polar surface area (TPSA) is 53.7 Å². The summed E-state index contributed by atoms with van der Waals surface area (Å²) in [6, 6.07) is 6.93. The lowest BCUT2D eigenvalue weighted by molar-refractivity contribution is 0.101. The number of hydrogen-bond donors (Lipinski definition) is 1. The van der Waals surface area contributed by atoms with Crippen molar-refractivity contribution in [2.45, 2.75) is 26.9 Å². The predicted octanol–water partition coefficient (Wildman–Crippen LogP) is 3.86. The summed E-state index contributed by atoms with van der Waals surface area (Å²) in [7, 11) is 0. The third-order valence-corrected chi connectivity index (χ3v) is 3.55. The van der Waals surface area contributed by atoms with Gasteiger partial charge in [0.05, 0.1) is 18.4 Å². The van der Waals surface area contributed by atoms with E-state index in [0.717, 1.165) is 12.3 Å². The zero-order chi connectivity index (χ0) is 15.4. The fourth-order valence-corrected chi connectivity index (χ4v) is 2.43. The summed E-state index contributed by atoms with van der Waals surface area (Å²) in [4.78, 5) is 13.6. The van der Waals surface area contributed by atoms with Gasteiger partial charge in [0.15, 0.2) is 5.78 Å². The Bertz CT molecular complexity index is 623. The molecule has 0 saturated carbocycles. The molecule has 1 heterocycles. The number of nitrogens with zero attached hydrogens (tertiary/aromatic N) is 1. The van der Waals surface area contributed by atoms with Gasteiger partial charge in [-0.15, -0.1) is 0 Å². The Morgan fingerprint density at radius 3 is 2.71 bits per heavy atom. The highest BCUT2D eigenvalue weighted by atomic mass is 35.5. The smallest absolute Gasteiger partial charge is 0.163 e. The van der Waals surface area contributed by atoms with Crippen molar-refractivity contribution in [1.29, 1.82) is 0 Å². The van der Waals surface area contributed by atoms with Crippen molar-refractivity contribution in [3.8, 4) is 5.75 Å². The maximum atomic E-state index is 11.5. The van der Waals surface area contributed by atoms with E-state index in [2.05, 4.69) is 4.90 Å². The van der Waals surface area contributed by atoms with Crippen LogP contribution in [0.15, 0.2) is 34.9 Å². The van der Waals surface area contributed by atoms with E-state index < -0.39 is 0 Å². The fourth-order valence-electron chi connectivity index (χ4n) is 2.19. The van der Waals surface area contributed by atoms with Crippen molar-refractivity contribution in [2.24, 2.45) is 0 Å². The molecule has 0 atom stereocenters. The van der Waals surface area contributed by atoms with E-state index in [1.807, 2.05) is 19.1 Å². The largest absolute Gasteiger partial charge is 0.507 e. The quantitative estimate of drug-likeness (QED) is 0.823. The lowest BCUT2D eigenvalue weighted by Crippen LogP contribution is -2.22.